The van der Waals surface area contributed by atoms with Crippen LogP contribution in [0.1, 0.15) is 51.0 Å². The number of ether oxygens (including phenoxy) is 1. The van der Waals surface area contributed by atoms with Crippen LogP contribution in [0.15, 0.2) is 36.5 Å². The summed E-state index contributed by atoms with van der Waals surface area (Å²) in [6.07, 6.45) is 2.51. The van der Waals surface area contributed by atoms with Crippen LogP contribution in [0.4, 0.5) is 19.4 Å². The van der Waals surface area contributed by atoms with Gasteiger partial charge < -0.3 is 20.7 Å². The molecule has 2 aromatic heterocycles. The third kappa shape index (κ3) is 4.25. The maximum Gasteiger partial charge on any atom is 0.317 e. The number of urea groups is 1. The number of likely N-dealkylation sites (tertiary alicyclic amines) is 1. The number of rotatable bonds is 5. The average Bonchev–Trinajstić information content (AvgIpc) is 3.52. The number of halogens is 2. The monoisotopic (exact) mass is 496 g/mol. The van der Waals surface area contributed by atoms with Crippen molar-refractivity contribution in [2.75, 3.05) is 18.8 Å². The third-order valence-electron chi connectivity index (χ3n) is 7.07. The van der Waals surface area contributed by atoms with Crippen LogP contribution in [0.25, 0.3) is 11.3 Å². The molecule has 8 nitrogen and oxygen atoms in total. The number of benzene rings is 1. The van der Waals surface area contributed by atoms with Crippen LogP contribution in [-0.2, 0) is 12.0 Å². The van der Waals surface area contributed by atoms with E-state index in [1.807, 2.05) is 29.5 Å². The molecule has 2 amide bonds. The second-order valence-electron chi connectivity index (χ2n) is 9.95. The lowest BCUT2D eigenvalue weighted by molar-refractivity contribution is 0.203. The number of pyridine rings is 1. The number of carbonyl (C=O) groups excluding carboxylic acids is 1. The van der Waals surface area contributed by atoms with Gasteiger partial charge in [-0.1, -0.05) is 6.07 Å². The molecule has 2 aliphatic heterocycles. The van der Waals surface area contributed by atoms with Crippen LogP contribution in [0.3, 0.4) is 0 Å². The van der Waals surface area contributed by atoms with Crippen LogP contribution in [0.2, 0.25) is 0 Å². The van der Waals surface area contributed by atoms with Crippen LogP contribution < -0.4 is 15.8 Å². The number of fused-ring (bicyclic) bond motifs is 2. The van der Waals surface area contributed by atoms with Gasteiger partial charge in [0.05, 0.1) is 11.3 Å². The summed E-state index contributed by atoms with van der Waals surface area (Å²) in [5, 5.41) is 7.75. The highest BCUT2D eigenvalue weighted by atomic mass is 19.1. The Hall–Kier alpha value is -3.69. The van der Waals surface area contributed by atoms with Gasteiger partial charge in [-0.2, -0.15) is 5.10 Å². The second kappa shape index (κ2) is 9.07. The Balaban J connectivity index is 1.38. The second-order valence-corrected chi connectivity index (χ2v) is 9.95. The molecule has 1 unspecified atom stereocenters. The molecule has 4 heterocycles. The molecular weight excluding hydrogens is 466 g/mol. The van der Waals surface area contributed by atoms with Crippen LogP contribution >= 0.6 is 0 Å². The number of nitrogens with two attached hydrogens (primary N) is 1. The van der Waals surface area contributed by atoms with Gasteiger partial charge in [-0.05, 0) is 57.9 Å². The number of aryl methyl sites for hydroxylation is 1. The van der Waals surface area contributed by atoms with Crippen molar-refractivity contribution in [1.82, 2.24) is 25.0 Å². The molecule has 2 aliphatic rings. The molecule has 5 rings (SSSR count). The molecule has 0 aliphatic carbocycles. The first-order valence-electron chi connectivity index (χ1n) is 12.2. The summed E-state index contributed by atoms with van der Waals surface area (Å²) in [7, 11) is 0. The average molecular weight is 497 g/mol. The Morgan fingerprint density at radius 1 is 1.17 bits per heavy atom. The van der Waals surface area contributed by atoms with Crippen molar-refractivity contribution in [2.45, 2.75) is 57.7 Å². The molecule has 1 spiro atoms. The van der Waals surface area contributed by atoms with Crippen molar-refractivity contribution < 1.29 is 18.3 Å². The van der Waals surface area contributed by atoms with Crippen molar-refractivity contribution in [1.29, 1.82) is 0 Å². The van der Waals surface area contributed by atoms with Crippen LogP contribution in [0.5, 0.6) is 5.75 Å². The van der Waals surface area contributed by atoms with E-state index < -0.39 is 17.7 Å². The molecule has 3 N–H and O–H groups in total. The lowest BCUT2D eigenvalue weighted by Crippen LogP contribution is -2.43. The Labute approximate surface area is 208 Å². The molecule has 0 saturated carbocycles. The molecule has 2 atom stereocenters. The summed E-state index contributed by atoms with van der Waals surface area (Å²) in [5.41, 5.74) is 8.21. The Morgan fingerprint density at radius 2 is 1.89 bits per heavy atom. The molecule has 1 fully saturated rings. The molecule has 1 saturated heterocycles. The summed E-state index contributed by atoms with van der Waals surface area (Å²) in [6, 6.07) is 7.46. The van der Waals surface area contributed by atoms with Gasteiger partial charge in [0.25, 0.3) is 0 Å². The van der Waals surface area contributed by atoms with E-state index in [0.717, 1.165) is 25.1 Å². The first-order valence-corrected chi connectivity index (χ1v) is 12.2. The lowest BCUT2D eigenvalue weighted by atomic mass is 9.82. The SMILES string of the molecule is CC(C)NC(=O)N1CC[C@@]2(CCn3nc(-c4cnc(N)c(OC(C)c5c(F)cccc5F)c4)cc32)C1. The minimum atomic E-state index is -0.915. The molecule has 0 bridgehead atoms. The fraction of sp³-hybridized carbons (Fsp3) is 0.423. The highest BCUT2D eigenvalue weighted by molar-refractivity contribution is 5.75. The van der Waals surface area contributed by atoms with E-state index in [1.165, 1.54) is 18.2 Å². The zero-order valence-corrected chi connectivity index (χ0v) is 20.6. The van der Waals surface area contributed by atoms with Gasteiger partial charge >= 0.3 is 6.03 Å². The zero-order valence-electron chi connectivity index (χ0n) is 20.6. The molecule has 1 aromatic carbocycles. The largest absolute Gasteiger partial charge is 0.482 e. The molecule has 36 heavy (non-hydrogen) atoms. The molecule has 0 radical (unpaired) electrons. The minimum absolute atomic E-state index is 0.0370. The number of hydrogen-bond acceptors (Lipinski definition) is 5. The van der Waals surface area contributed by atoms with Crippen LogP contribution in [-0.4, -0.2) is 44.8 Å². The van der Waals surface area contributed by atoms with E-state index in [4.69, 9.17) is 15.6 Å². The van der Waals surface area contributed by atoms with Crippen molar-refractivity contribution in [2.24, 2.45) is 0 Å². The number of nitrogen functional groups attached to an aromatic ring is 1. The van der Waals surface area contributed by atoms with Crippen molar-refractivity contribution >= 4 is 11.8 Å². The van der Waals surface area contributed by atoms with E-state index in [2.05, 4.69) is 10.3 Å². The number of anilines is 1. The third-order valence-corrected chi connectivity index (χ3v) is 7.07. The molecular formula is C26H30F2N6O2. The fourth-order valence-electron chi connectivity index (χ4n) is 5.24. The smallest absolute Gasteiger partial charge is 0.317 e. The van der Waals surface area contributed by atoms with Gasteiger partial charge in [0.2, 0.25) is 0 Å². The lowest BCUT2D eigenvalue weighted by Gasteiger charge is -2.24. The first-order chi connectivity index (χ1) is 17.2. The maximum atomic E-state index is 14.2. The standard InChI is InChI=1S/C26H30F2N6O2/c1-15(2)31-25(35)33-9-7-26(14-33)8-10-34-22(26)12-20(32-34)17-11-21(24(29)30-13-17)36-16(3)23-18(27)5-4-6-19(23)28/h4-6,11-13,15-16H,7-10,14H2,1-3H3,(H2,29,30)(H,31,35)/t16?,26-/m1/s1. The van der Waals surface area contributed by atoms with Crippen molar-refractivity contribution in [3.05, 3.63) is 59.4 Å². The van der Waals surface area contributed by atoms with Gasteiger partial charge in [0.1, 0.15) is 17.7 Å². The Kier molecular flexibility index (Phi) is 6.05. The highest BCUT2D eigenvalue weighted by Gasteiger charge is 2.47. The Bertz CT molecular complexity index is 1290. The van der Waals surface area contributed by atoms with E-state index >= 15 is 0 Å². The topological polar surface area (TPSA) is 98.3 Å². The number of aromatic nitrogens is 3. The number of amides is 2. The van der Waals surface area contributed by atoms with Crippen LogP contribution in [0, 0.1) is 11.6 Å². The van der Waals surface area contributed by atoms with E-state index in [0.29, 0.717) is 24.3 Å². The van der Waals surface area contributed by atoms with Gasteiger partial charge in [0, 0.05) is 48.5 Å². The van der Waals surface area contributed by atoms with Gasteiger partial charge in [0.15, 0.2) is 11.6 Å². The predicted octanol–water partition coefficient (Wildman–Crippen LogP) is 4.41. The van der Waals surface area contributed by atoms with Crippen molar-refractivity contribution in [3.63, 3.8) is 0 Å². The fourth-order valence-corrected chi connectivity index (χ4v) is 5.24. The summed E-state index contributed by atoms with van der Waals surface area (Å²) in [6.45, 7) is 7.58. The van der Waals surface area contributed by atoms with Gasteiger partial charge in [-0.15, -0.1) is 0 Å². The maximum absolute atomic E-state index is 14.2. The number of carbonyl (C=O) groups is 1. The number of hydrogen-bond donors (Lipinski definition) is 2. The van der Waals surface area contributed by atoms with Crippen molar-refractivity contribution in [3.8, 4) is 17.0 Å². The number of nitrogens with zero attached hydrogens (tertiary/aromatic N) is 4. The highest BCUT2D eigenvalue weighted by Crippen LogP contribution is 2.44. The molecule has 190 valence electrons. The summed E-state index contributed by atoms with van der Waals surface area (Å²) >= 11 is 0. The summed E-state index contributed by atoms with van der Waals surface area (Å²) in [4.78, 5) is 18.7. The molecule has 10 heteroatoms. The van der Waals surface area contributed by atoms with E-state index in [1.54, 1.807) is 19.2 Å². The number of nitrogens with one attached hydrogen (secondary N) is 1. The summed E-state index contributed by atoms with van der Waals surface area (Å²) in [5.74, 6) is -1.03. The van der Waals surface area contributed by atoms with Gasteiger partial charge in [-0.3, -0.25) is 4.68 Å². The quantitative estimate of drug-likeness (QED) is 0.545. The Morgan fingerprint density at radius 3 is 2.61 bits per heavy atom. The van der Waals surface area contributed by atoms with E-state index in [-0.39, 0.29) is 34.6 Å². The molecule has 3 aromatic rings. The normalized spacial score (nSPS) is 19.7. The minimum Gasteiger partial charge on any atom is -0.482 e. The first kappa shape index (κ1) is 24.0. The van der Waals surface area contributed by atoms with E-state index in [9.17, 15) is 13.6 Å². The summed E-state index contributed by atoms with van der Waals surface area (Å²) < 4.78 is 36.3. The predicted molar refractivity (Wildman–Crippen MR) is 131 cm³/mol. The van der Waals surface area contributed by atoms with Gasteiger partial charge in [-0.25, -0.2) is 18.6 Å². The zero-order chi connectivity index (χ0) is 25.6.